The monoisotopic (exact) mass is 370 g/mol. The Hall–Kier alpha value is 0.0900. The normalized spacial score (nSPS) is 34.8. The highest BCUT2D eigenvalue weighted by molar-refractivity contribution is 8.03. The van der Waals surface area contributed by atoms with Crippen LogP contribution in [0.25, 0.3) is 0 Å². The van der Waals surface area contributed by atoms with Crippen LogP contribution < -0.4 is 0 Å². The first-order valence-electron chi connectivity index (χ1n) is 9.57. The minimum absolute atomic E-state index is 0.0712. The Morgan fingerprint density at radius 1 is 1.00 bits per heavy atom. The van der Waals surface area contributed by atoms with Gasteiger partial charge in [-0.25, -0.2) is 0 Å². The van der Waals surface area contributed by atoms with Gasteiger partial charge in [-0.3, -0.25) is 9.69 Å². The van der Waals surface area contributed by atoms with Crippen molar-refractivity contribution in [1.82, 2.24) is 9.80 Å². The summed E-state index contributed by atoms with van der Waals surface area (Å²) < 4.78 is 5.50. The quantitative estimate of drug-likeness (QED) is 0.745. The van der Waals surface area contributed by atoms with E-state index in [-0.39, 0.29) is 5.41 Å². The summed E-state index contributed by atoms with van der Waals surface area (Å²) in [6.45, 7) is 4.76. The van der Waals surface area contributed by atoms with Crippen LogP contribution in [0.15, 0.2) is 0 Å². The van der Waals surface area contributed by atoms with Crippen molar-refractivity contribution >= 4 is 29.4 Å². The van der Waals surface area contributed by atoms with Gasteiger partial charge in [0.25, 0.3) is 0 Å². The minimum Gasteiger partial charge on any atom is -0.381 e. The maximum atomic E-state index is 13.4. The second-order valence-electron chi connectivity index (χ2n) is 7.75. The van der Waals surface area contributed by atoms with Gasteiger partial charge in [0, 0.05) is 61.4 Å². The molecule has 4 aliphatic rings. The van der Waals surface area contributed by atoms with Crippen LogP contribution in [0.4, 0.5) is 0 Å². The number of piperidine rings is 1. The number of amides is 1. The molecule has 0 aromatic rings. The molecule has 0 unspecified atom stereocenters. The first-order valence-corrected chi connectivity index (χ1v) is 11.9. The number of ether oxygens (including phenoxy) is 1. The third-order valence-electron chi connectivity index (χ3n) is 6.29. The molecular weight excluding hydrogens is 340 g/mol. The van der Waals surface area contributed by atoms with Crippen molar-refractivity contribution in [1.29, 1.82) is 0 Å². The fourth-order valence-electron chi connectivity index (χ4n) is 4.86. The molecule has 0 saturated carbocycles. The Morgan fingerprint density at radius 2 is 1.75 bits per heavy atom. The summed E-state index contributed by atoms with van der Waals surface area (Å²) in [6.07, 6.45) is 5.43. The van der Waals surface area contributed by atoms with Gasteiger partial charge in [0.15, 0.2) is 0 Å². The van der Waals surface area contributed by atoms with E-state index >= 15 is 0 Å². The molecule has 4 saturated heterocycles. The number of rotatable bonds is 2. The van der Waals surface area contributed by atoms with Crippen molar-refractivity contribution in [3.05, 3.63) is 0 Å². The third-order valence-corrected chi connectivity index (χ3v) is 8.78. The molecule has 136 valence electrons. The van der Waals surface area contributed by atoms with Gasteiger partial charge >= 0.3 is 0 Å². The highest BCUT2D eigenvalue weighted by atomic mass is 32.2. The molecule has 4 nitrogen and oxygen atoms in total. The van der Waals surface area contributed by atoms with Crippen LogP contribution in [0.5, 0.6) is 0 Å². The summed E-state index contributed by atoms with van der Waals surface area (Å²) in [5.74, 6) is 5.55. The van der Waals surface area contributed by atoms with Crippen LogP contribution >= 0.6 is 23.5 Å². The van der Waals surface area contributed by atoms with Gasteiger partial charge in [-0.1, -0.05) is 0 Å². The molecule has 1 spiro atoms. The van der Waals surface area contributed by atoms with E-state index in [1.54, 1.807) is 0 Å². The Labute approximate surface area is 154 Å². The third kappa shape index (κ3) is 3.49. The summed E-state index contributed by atoms with van der Waals surface area (Å²) >= 11 is 4.20. The van der Waals surface area contributed by atoms with Crippen molar-refractivity contribution in [3.63, 3.8) is 0 Å². The number of hydrogen-bond donors (Lipinski definition) is 0. The van der Waals surface area contributed by atoms with Crippen molar-refractivity contribution in [2.45, 2.75) is 44.2 Å². The summed E-state index contributed by atoms with van der Waals surface area (Å²) in [5.41, 5.74) is -0.0712. The fourth-order valence-corrected chi connectivity index (χ4v) is 7.48. The van der Waals surface area contributed by atoms with Crippen LogP contribution in [0, 0.1) is 5.41 Å². The zero-order valence-corrected chi connectivity index (χ0v) is 16.2. The standard InChI is InChI=1S/C18H30N2O2S2/c21-17-18(4-1-6-20(17)15-2-8-22-9-3-15)5-7-19(14-18)16-12-23-10-11-24-13-16/h15-16H,1-14H2/t18-/m0/s1. The van der Waals surface area contributed by atoms with Crippen molar-refractivity contribution in [2.24, 2.45) is 5.41 Å². The molecule has 24 heavy (non-hydrogen) atoms. The molecule has 6 heteroatoms. The van der Waals surface area contributed by atoms with Crippen molar-refractivity contribution < 1.29 is 9.53 Å². The molecule has 1 amide bonds. The van der Waals surface area contributed by atoms with Crippen LogP contribution in [-0.4, -0.2) is 83.7 Å². The van der Waals surface area contributed by atoms with E-state index in [1.165, 1.54) is 29.4 Å². The molecule has 0 aliphatic carbocycles. The molecular formula is C18H30N2O2S2. The first-order chi connectivity index (χ1) is 11.8. The summed E-state index contributed by atoms with van der Waals surface area (Å²) in [7, 11) is 0. The van der Waals surface area contributed by atoms with Crippen LogP contribution in [0.2, 0.25) is 0 Å². The predicted octanol–water partition coefficient (Wildman–Crippen LogP) is 2.33. The molecule has 0 aromatic carbocycles. The zero-order chi connectivity index (χ0) is 16.4. The number of nitrogens with zero attached hydrogens (tertiary/aromatic N) is 2. The number of carbonyl (C=O) groups is 1. The summed E-state index contributed by atoms with van der Waals surface area (Å²) in [5, 5.41) is 0. The van der Waals surface area contributed by atoms with Gasteiger partial charge in [0.1, 0.15) is 0 Å². The Balaban J connectivity index is 1.43. The molecule has 0 aromatic heterocycles. The van der Waals surface area contributed by atoms with Crippen LogP contribution in [0.3, 0.4) is 0 Å². The van der Waals surface area contributed by atoms with Gasteiger partial charge in [0.2, 0.25) is 5.91 Å². The molecule has 4 heterocycles. The lowest BCUT2D eigenvalue weighted by Gasteiger charge is -2.44. The molecule has 1 atom stereocenters. The highest BCUT2D eigenvalue weighted by Crippen LogP contribution is 2.42. The SMILES string of the molecule is O=C1N(C2CCOCC2)CCC[C@@]12CCN(C1CSCCSC1)C2. The maximum Gasteiger partial charge on any atom is 0.230 e. The van der Waals surface area contributed by atoms with E-state index in [9.17, 15) is 4.79 Å². The number of carbonyl (C=O) groups excluding carboxylic acids is 1. The van der Waals surface area contributed by atoms with E-state index in [0.717, 1.165) is 58.5 Å². The summed E-state index contributed by atoms with van der Waals surface area (Å²) in [4.78, 5) is 18.3. The summed E-state index contributed by atoms with van der Waals surface area (Å²) in [6, 6.07) is 1.11. The number of hydrogen-bond acceptors (Lipinski definition) is 5. The second-order valence-corrected chi connectivity index (χ2v) is 10.0. The van der Waals surface area contributed by atoms with Gasteiger partial charge in [-0.15, -0.1) is 0 Å². The first kappa shape index (κ1) is 17.5. The average molecular weight is 371 g/mol. The second kappa shape index (κ2) is 7.77. The van der Waals surface area contributed by atoms with Gasteiger partial charge in [-0.2, -0.15) is 23.5 Å². The van der Waals surface area contributed by atoms with E-state index < -0.39 is 0 Å². The predicted molar refractivity (Wildman–Crippen MR) is 102 cm³/mol. The van der Waals surface area contributed by atoms with E-state index in [1.807, 2.05) is 0 Å². The molecule has 4 aliphatic heterocycles. The lowest BCUT2D eigenvalue weighted by molar-refractivity contribution is -0.150. The van der Waals surface area contributed by atoms with Gasteiger partial charge in [-0.05, 0) is 38.6 Å². The van der Waals surface area contributed by atoms with Crippen molar-refractivity contribution in [2.75, 3.05) is 55.9 Å². The van der Waals surface area contributed by atoms with Crippen LogP contribution in [-0.2, 0) is 9.53 Å². The molecule has 4 rings (SSSR count). The number of thioether (sulfide) groups is 2. The highest BCUT2D eigenvalue weighted by Gasteiger charge is 2.50. The van der Waals surface area contributed by atoms with E-state index in [0.29, 0.717) is 18.0 Å². The lowest BCUT2D eigenvalue weighted by Crippen LogP contribution is -2.55. The Bertz CT molecular complexity index is 450. The lowest BCUT2D eigenvalue weighted by atomic mass is 9.77. The van der Waals surface area contributed by atoms with Crippen LogP contribution in [0.1, 0.15) is 32.1 Å². The van der Waals surface area contributed by atoms with E-state index in [2.05, 4.69) is 33.3 Å². The fraction of sp³-hybridized carbons (Fsp3) is 0.944. The largest absolute Gasteiger partial charge is 0.381 e. The molecule has 4 fully saturated rings. The average Bonchev–Trinajstić information content (AvgIpc) is 2.86. The minimum atomic E-state index is -0.0712. The van der Waals surface area contributed by atoms with Crippen molar-refractivity contribution in [3.8, 4) is 0 Å². The van der Waals surface area contributed by atoms with Gasteiger partial charge < -0.3 is 9.64 Å². The molecule has 0 N–H and O–H groups in total. The smallest absolute Gasteiger partial charge is 0.230 e. The zero-order valence-electron chi connectivity index (χ0n) is 14.6. The topological polar surface area (TPSA) is 32.8 Å². The Morgan fingerprint density at radius 3 is 2.50 bits per heavy atom. The maximum absolute atomic E-state index is 13.4. The molecule has 0 bridgehead atoms. The number of likely N-dealkylation sites (tertiary alicyclic amines) is 2. The van der Waals surface area contributed by atoms with E-state index in [4.69, 9.17) is 4.74 Å². The Kier molecular flexibility index (Phi) is 5.66. The molecule has 0 radical (unpaired) electrons. The van der Waals surface area contributed by atoms with Gasteiger partial charge in [0.05, 0.1) is 5.41 Å².